The van der Waals surface area contributed by atoms with Gasteiger partial charge in [-0.15, -0.1) is 0 Å². The van der Waals surface area contributed by atoms with E-state index in [2.05, 4.69) is 5.32 Å². The van der Waals surface area contributed by atoms with Crippen LogP contribution in [0.15, 0.2) is 30.3 Å². The average Bonchev–Trinajstić information content (AvgIpc) is 2.35. The second-order valence-electron chi connectivity index (χ2n) is 5.18. The number of hydrogen-bond donors (Lipinski definition) is 1. The molecule has 1 N–H and O–H groups in total. The molecule has 0 bridgehead atoms. The zero-order chi connectivity index (χ0) is 13.8. The first kappa shape index (κ1) is 15.2. The molecule has 18 heavy (non-hydrogen) atoms. The number of nitrogens with one attached hydrogen (secondary N) is 1. The van der Waals surface area contributed by atoms with Crippen LogP contribution in [0.5, 0.6) is 0 Å². The van der Waals surface area contributed by atoms with E-state index in [9.17, 15) is 4.57 Å². The predicted molar refractivity (Wildman–Crippen MR) is 74.9 cm³/mol. The summed E-state index contributed by atoms with van der Waals surface area (Å²) in [4.78, 5) is 0. The Balaban J connectivity index is 3.05. The molecule has 1 aromatic rings. The van der Waals surface area contributed by atoms with E-state index in [0.717, 1.165) is 5.69 Å². The highest BCUT2D eigenvalue weighted by atomic mass is 31.2. The Morgan fingerprint density at radius 3 is 2.00 bits per heavy atom. The molecule has 0 spiro atoms. The van der Waals surface area contributed by atoms with Crippen LogP contribution in [0.2, 0.25) is 0 Å². The highest BCUT2D eigenvalue weighted by molar-refractivity contribution is 7.54. The van der Waals surface area contributed by atoms with E-state index in [1.807, 2.05) is 51.1 Å². The van der Waals surface area contributed by atoms with E-state index in [0.29, 0.717) is 0 Å². The van der Waals surface area contributed by atoms with Crippen molar-refractivity contribution >= 4 is 13.3 Å². The van der Waals surface area contributed by atoms with Gasteiger partial charge in [0.1, 0.15) is 5.78 Å². The summed E-state index contributed by atoms with van der Waals surface area (Å²) in [6, 6.07) is 9.63. The largest absolute Gasteiger partial charge is 0.371 e. The summed E-state index contributed by atoms with van der Waals surface area (Å²) in [6.07, 6.45) is 0. The van der Waals surface area contributed by atoms with Gasteiger partial charge in [-0.25, -0.2) is 0 Å². The third-order valence-electron chi connectivity index (χ3n) is 2.72. The first-order valence-corrected chi connectivity index (χ1v) is 7.47. The summed E-state index contributed by atoms with van der Waals surface area (Å²) in [5.74, 6) is -0.414. The Morgan fingerprint density at radius 1 is 1.11 bits per heavy atom. The molecular formula is C13H22NO3P. The topological polar surface area (TPSA) is 47.6 Å². The van der Waals surface area contributed by atoms with Crippen LogP contribution in [-0.2, 0) is 13.6 Å². The summed E-state index contributed by atoms with van der Waals surface area (Å²) >= 11 is 0. The fraction of sp³-hybridized carbons (Fsp3) is 0.538. The zero-order valence-corrected chi connectivity index (χ0v) is 12.5. The summed E-state index contributed by atoms with van der Waals surface area (Å²) in [5.41, 5.74) is 0.629. The van der Waals surface area contributed by atoms with Gasteiger partial charge in [0.2, 0.25) is 0 Å². The Kier molecular flexibility index (Phi) is 4.97. The van der Waals surface area contributed by atoms with Crippen molar-refractivity contribution in [1.82, 2.24) is 0 Å². The molecular weight excluding hydrogens is 249 g/mol. The van der Waals surface area contributed by atoms with Gasteiger partial charge in [-0.05, 0) is 17.5 Å². The second kappa shape index (κ2) is 5.87. The molecule has 0 aliphatic heterocycles. The molecule has 0 aliphatic carbocycles. The van der Waals surface area contributed by atoms with Crippen LogP contribution in [0.1, 0.15) is 20.8 Å². The Morgan fingerprint density at radius 2 is 1.61 bits per heavy atom. The number of para-hydroxylation sites is 1. The maximum atomic E-state index is 12.6. The molecule has 1 atom stereocenters. The minimum absolute atomic E-state index is 0.266. The van der Waals surface area contributed by atoms with Crippen LogP contribution in [-0.4, -0.2) is 20.0 Å². The third kappa shape index (κ3) is 3.58. The fourth-order valence-electron chi connectivity index (χ4n) is 1.75. The normalized spacial score (nSPS) is 14.3. The molecule has 0 saturated carbocycles. The molecule has 5 heteroatoms. The van der Waals surface area contributed by atoms with Gasteiger partial charge in [0.25, 0.3) is 0 Å². The van der Waals surface area contributed by atoms with Crippen LogP contribution >= 0.6 is 7.60 Å². The molecule has 0 aliphatic rings. The van der Waals surface area contributed by atoms with Crippen molar-refractivity contribution in [2.45, 2.75) is 26.6 Å². The van der Waals surface area contributed by atoms with E-state index >= 15 is 0 Å². The molecule has 0 radical (unpaired) electrons. The van der Waals surface area contributed by atoms with Crippen molar-refractivity contribution in [3.8, 4) is 0 Å². The summed E-state index contributed by atoms with van der Waals surface area (Å²) in [5, 5.41) is 3.25. The molecule has 0 aromatic heterocycles. The van der Waals surface area contributed by atoms with Crippen LogP contribution < -0.4 is 5.32 Å². The van der Waals surface area contributed by atoms with Crippen molar-refractivity contribution in [3.05, 3.63) is 30.3 Å². The molecule has 4 nitrogen and oxygen atoms in total. The monoisotopic (exact) mass is 271 g/mol. The van der Waals surface area contributed by atoms with Gasteiger partial charge >= 0.3 is 7.60 Å². The average molecular weight is 271 g/mol. The van der Waals surface area contributed by atoms with Gasteiger partial charge in [0, 0.05) is 19.9 Å². The Bertz CT molecular complexity index is 406. The van der Waals surface area contributed by atoms with E-state index in [1.165, 1.54) is 14.2 Å². The maximum Gasteiger partial charge on any atom is 0.352 e. The summed E-state index contributed by atoms with van der Waals surface area (Å²) < 4.78 is 22.8. The SMILES string of the molecule is COP(=O)(OC)C(Nc1ccccc1)C(C)(C)C. The highest BCUT2D eigenvalue weighted by Crippen LogP contribution is 2.57. The third-order valence-corrected chi connectivity index (χ3v) is 5.28. The van der Waals surface area contributed by atoms with Gasteiger partial charge in [0.05, 0.1) is 0 Å². The molecule has 0 heterocycles. The molecule has 1 unspecified atom stereocenters. The standard InChI is InChI=1S/C13H22NO3P/c1-13(2,3)12(18(15,16-4)17-5)14-11-9-7-6-8-10-11/h6-10,12,14H,1-5H3. The Hall–Kier alpha value is -0.830. The quantitative estimate of drug-likeness (QED) is 0.823. The fourth-order valence-corrected chi connectivity index (χ4v) is 3.57. The van der Waals surface area contributed by atoms with Gasteiger partial charge in [-0.1, -0.05) is 39.0 Å². The van der Waals surface area contributed by atoms with E-state index in [4.69, 9.17) is 9.05 Å². The van der Waals surface area contributed by atoms with Crippen LogP contribution in [0.3, 0.4) is 0 Å². The molecule has 0 saturated heterocycles. The smallest absolute Gasteiger partial charge is 0.352 e. The van der Waals surface area contributed by atoms with Crippen molar-refractivity contribution in [3.63, 3.8) is 0 Å². The first-order valence-electron chi connectivity index (χ1n) is 5.86. The van der Waals surface area contributed by atoms with E-state index in [1.54, 1.807) is 0 Å². The number of rotatable bonds is 5. The van der Waals surface area contributed by atoms with Gasteiger partial charge in [-0.2, -0.15) is 0 Å². The van der Waals surface area contributed by atoms with Crippen molar-refractivity contribution in [2.24, 2.45) is 5.41 Å². The molecule has 0 fully saturated rings. The van der Waals surface area contributed by atoms with Crippen molar-refractivity contribution in [1.29, 1.82) is 0 Å². The summed E-state index contributed by atoms with van der Waals surface area (Å²) in [7, 11) is -0.365. The first-order chi connectivity index (χ1) is 8.33. The van der Waals surface area contributed by atoms with Gasteiger partial charge in [-0.3, -0.25) is 4.57 Å². The maximum absolute atomic E-state index is 12.6. The number of hydrogen-bond acceptors (Lipinski definition) is 4. The van der Waals surface area contributed by atoms with Crippen molar-refractivity contribution in [2.75, 3.05) is 19.5 Å². The van der Waals surface area contributed by atoms with E-state index < -0.39 is 13.4 Å². The zero-order valence-electron chi connectivity index (χ0n) is 11.6. The van der Waals surface area contributed by atoms with Crippen molar-refractivity contribution < 1.29 is 13.6 Å². The molecule has 1 rings (SSSR count). The number of anilines is 1. The minimum Gasteiger partial charge on any atom is -0.371 e. The molecule has 0 amide bonds. The van der Waals surface area contributed by atoms with Gasteiger partial charge < -0.3 is 14.4 Å². The summed E-state index contributed by atoms with van der Waals surface area (Å²) in [6.45, 7) is 5.99. The minimum atomic E-state index is -3.19. The lowest BCUT2D eigenvalue weighted by atomic mass is 9.96. The second-order valence-corrected chi connectivity index (χ2v) is 7.51. The number of benzene rings is 1. The molecule has 102 valence electrons. The van der Waals surface area contributed by atoms with Gasteiger partial charge in [0.15, 0.2) is 0 Å². The Labute approximate surface area is 109 Å². The molecule has 1 aromatic carbocycles. The van der Waals surface area contributed by atoms with E-state index in [-0.39, 0.29) is 5.41 Å². The highest BCUT2D eigenvalue weighted by Gasteiger charge is 2.42. The van der Waals surface area contributed by atoms with Crippen LogP contribution in [0.4, 0.5) is 5.69 Å². The predicted octanol–water partition coefficient (Wildman–Crippen LogP) is 3.96. The lowest BCUT2D eigenvalue weighted by Crippen LogP contribution is -2.34. The lowest BCUT2D eigenvalue weighted by molar-refractivity contribution is 0.242. The van der Waals surface area contributed by atoms with Crippen LogP contribution in [0, 0.1) is 5.41 Å². The van der Waals surface area contributed by atoms with Crippen LogP contribution in [0.25, 0.3) is 0 Å². The lowest BCUT2D eigenvalue weighted by Gasteiger charge is -2.35.